The summed E-state index contributed by atoms with van der Waals surface area (Å²) in [7, 11) is 0. The van der Waals surface area contributed by atoms with Crippen LogP contribution in [0.15, 0.2) is 12.1 Å². The number of carbonyl (C=O) groups excluding carboxylic acids is 1. The quantitative estimate of drug-likeness (QED) is 0.798. The molecule has 114 valence electrons. The van der Waals surface area contributed by atoms with Crippen LogP contribution in [0.3, 0.4) is 0 Å². The average Bonchev–Trinajstić information content (AvgIpc) is 2.42. The van der Waals surface area contributed by atoms with Gasteiger partial charge in [0, 0.05) is 19.5 Å². The van der Waals surface area contributed by atoms with E-state index in [-0.39, 0.29) is 11.3 Å². The second kappa shape index (κ2) is 5.24. The second-order valence-corrected chi connectivity index (χ2v) is 7.07. The first-order chi connectivity index (χ1) is 9.92. The van der Waals surface area contributed by atoms with Gasteiger partial charge in [0.05, 0.1) is 0 Å². The number of amides is 1. The predicted molar refractivity (Wildman–Crippen MR) is 80.6 cm³/mol. The zero-order chi connectivity index (χ0) is 15.0. The minimum absolute atomic E-state index is 0.0319. The molecule has 0 bridgehead atoms. The second-order valence-electron chi connectivity index (χ2n) is 7.07. The average molecular weight is 289 g/mol. The first-order valence-electron chi connectivity index (χ1n) is 7.61. The lowest BCUT2D eigenvalue weighted by molar-refractivity contribution is -0.134. The molecule has 4 heteroatoms. The fourth-order valence-electron chi connectivity index (χ4n) is 2.87. The molecule has 3 rings (SSSR count). The summed E-state index contributed by atoms with van der Waals surface area (Å²) in [6, 6.07) is 4.12. The first-order valence-corrected chi connectivity index (χ1v) is 7.61. The van der Waals surface area contributed by atoms with Crippen molar-refractivity contribution in [2.75, 3.05) is 19.8 Å². The fraction of sp³-hybridized carbons (Fsp3) is 0.588. The van der Waals surface area contributed by atoms with Crippen molar-refractivity contribution in [3.8, 4) is 11.5 Å². The van der Waals surface area contributed by atoms with E-state index in [2.05, 4.69) is 26.8 Å². The van der Waals surface area contributed by atoms with E-state index in [0.717, 1.165) is 24.5 Å². The van der Waals surface area contributed by atoms with Crippen LogP contribution in [0.2, 0.25) is 0 Å². The molecule has 0 atom stereocenters. The van der Waals surface area contributed by atoms with E-state index in [4.69, 9.17) is 9.47 Å². The summed E-state index contributed by atoms with van der Waals surface area (Å²) >= 11 is 0. The van der Waals surface area contributed by atoms with Gasteiger partial charge in [0.2, 0.25) is 5.91 Å². The van der Waals surface area contributed by atoms with Gasteiger partial charge in [-0.25, -0.2) is 0 Å². The molecule has 0 saturated carbocycles. The Morgan fingerprint density at radius 1 is 1.14 bits per heavy atom. The summed E-state index contributed by atoms with van der Waals surface area (Å²) in [5.41, 5.74) is 2.50. The van der Waals surface area contributed by atoms with Crippen LogP contribution in [0, 0.1) is 5.41 Å². The molecule has 0 radical (unpaired) electrons. The Balaban J connectivity index is 1.77. The lowest BCUT2D eigenvalue weighted by Crippen LogP contribution is -2.37. The van der Waals surface area contributed by atoms with Gasteiger partial charge in [0.15, 0.2) is 11.5 Å². The maximum atomic E-state index is 12.4. The molecule has 0 spiro atoms. The van der Waals surface area contributed by atoms with E-state index >= 15 is 0 Å². The molecule has 0 aliphatic carbocycles. The number of nitrogens with zero attached hydrogens (tertiary/aromatic N) is 1. The topological polar surface area (TPSA) is 38.8 Å². The molecule has 0 aromatic heterocycles. The Labute approximate surface area is 126 Å². The number of rotatable bonds is 1. The molecule has 21 heavy (non-hydrogen) atoms. The van der Waals surface area contributed by atoms with Gasteiger partial charge in [-0.05, 0) is 35.1 Å². The predicted octanol–water partition coefficient (Wildman–Crippen LogP) is 2.78. The van der Waals surface area contributed by atoms with Crippen molar-refractivity contribution in [1.29, 1.82) is 0 Å². The Hall–Kier alpha value is -1.71. The Kier molecular flexibility index (Phi) is 3.56. The van der Waals surface area contributed by atoms with E-state index in [1.807, 2.05) is 11.0 Å². The highest BCUT2D eigenvalue weighted by molar-refractivity contribution is 5.77. The number of benzene rings is 1. The molecular weight excluding hydrogens is 266 g/mol. The van der Waals surface area contributed by atoms with Crippen molar-refractivity contribution in [1.82, 2.24) is 4.90 Å². The fourth-order valence-corrected chi connectivity index (χ4v) is 2.87. The van der Waals surface area contributed by atoms with E-state index in [1.54, 1.807) is 0 Å². The molecule has 0 unspecified atom stereocenters. The zero-order valence-electron chi connectivity index (χ0n) is 13.1. The lowest BCUT2D eigenvalue weighted by Gasteiger charge is -2.32. The van der Waals surface area contributed by atoms with Gasteiger partial charge in [-0.15, -0.1) is 0 Å². The molecule has 0 N–H and O–H groups in total. The Morgan fingerprint density at radius 2 is 1.76 bits per heavy atom. The molecule has 2 aliphatic heterocycles. The third-order valence-electron chi connectivity index (χ3n) is 3.91. The number of ether oxygens (including phenoxy) is 2. The van der Waals surface area contributed by atoms with Gasteiger partial charge in [-0.3, -0.25) is 4.79 Å². The first kappa shape index (κ1) is 14.2. The summed E-state index contributed by atoms with van der Waals surface area (Å²) in [6.45, 7) is 8.99. The third kappa shape index (κ3) is 3.14. The third-order valence-corrected chi connectivity index (χ3v) is 3.91. The minimum atomic E-state index is 0.0319. The van der Waals surface area contributed by atoms with Crippen LogP contribution in [0.4, 0.5) is 0 Å². The Bertz CT molecular complexity index is 560. The van der Waals surface area contributed by atoms with Crippen LogP contribution >= 0.6 is 0 Å². The van der Waals surface area contributed by atoms with Crippen molar-refractivity contribution in [2.24, 2.45) is 5.41 Å². The van der Waals surface area contributed by atoms with Gasteiger partial charge in [0.25, 0.3) is 0 Å². The van der Waals surface area contributed by atoms with Crippen LogP contribution in [0.5, 0.6) is 11.5 Å². The molecule has 0 fully saturated rings. The van der Waals surface area contributed by atoms with Crippen molar-refractivity contribution in [2.45, 2.75) is 40.2 Å². The van der Waals surface area contributed by atoms with Crippen molar-refractivity contribution in [3.63, 3.8) is 0 Å². The van der Waals surface area contributed by atoms with Crippen molar-refractivity contribution in [3.05, 3.63) is 23.3 Å². The van der Waals surface area contributed by atoms with Crippen molar-refractivity contribution >= 4 is 5.91 Å². The number of hydrogen-bond acceptors (Lipinski definition) is 3. The normalized spacial score (nSPS) is 17.4. The summed E-state index contributed by atoms with van der Waals surface area (Å²) in [6.07, 6.45) is 1.48. The van der Waals surface area contributed by atoms with Crippen LogP contribution in [-0.4, -0.2) is 30.6 Å². The highest BCUT2D eigenvalue weighted by atomic mass is 16.6. The largest absolute Gasteiger partial charge is 0.486 e. The maximum Gasteiger partial charge on any atom is 0.223 e. The molecule has 2 aliphatic rings. The van der Waals surface area contributed by atoms with Gasteiger partial charge < -0.3 is 14.4 Å². The summed E-state index contributed by atoms with van der Waals surface area (Å²) in [4.78, 5) is 14.3. The van der Waals surface area contributed by atoms with Crippen molar-refractivity contribution < 1.29 is 14.3 Å². The van der Waals surface area contributed by atoms with E-state index in [9.17, 15) is 4.79 Å². The summed E-state index contributed by atoms with van der Waals surface area (Å²) in [5.74, 6) is 1.89. The molecule has 1 aromatic carbocycles. The summed E-state index contributed by atoms with van der Waals surface area (Å²) < 4.78 is 11.3. The van der Waals surface area contributed by atoms with E-state index in [1.165, 1.54) is 11.1 Å². The van der Waals surface area contributed by atoms with Gasteiger partial charge in [0.1, 0.15) is 13.2 Å². The Morgan fingerprint density at radius 3 is 2.38 bits per heavy atom. The number of hydrogen-bond donors (Lipinski definition) is 0. The van der Waals surface area contributed by atoms with Crippen LogP contribution < -0.4 is 9.47 Å². The smallest absolute Gasteiger partial charge is 0.223 e. The highest BCUT2D eigenvalue weighted by Crippen LogP contribution is 2.35. The maximum absolute atomic E-state index is 12.4. The molecule has 2 heterocycles. The van der Waals surface area contributed by atoms with Gasteiger partial charge >= 0.3 is 0 Å². The molecule has 0 saturated heterocycles. The van der Waals surface area contributed by atoms with Gasteiger partial charge in [-0.1, -0.05) is 20.8 Å². The number of fused-ring (bicyclic) bond motifs is 2. The molecule has 1 amide bonds. The van der Waals surface area contributed by atoms with Crippen LogP contribution in [0.1, 0.15) is 38.3 Å². The monoisotopic (exact) mass is 289 g/mol. The SMILES string of the molecule is CC(C)(C)CC(=O)N1CCc2cc3c(cc2C1)OCCO3. The van der Waals surface area contributed by atoms with Crippen LogP contribution in [-0.2, 0) is 17.8 Å². The molecular formula is C17H23NO3. The highest BCUT2D eigenvalue weighted by Gasteiger charge is 2.26. The number of carbonyl (C=O) groups is 1. The summed E-state index contributed by atoms with van der Waals surface area (Å²) in [5, 5.41) is 0. The standard InChI is InChI=1S/C17H23NO3/c1-17(2,3)10-16(19)18-5-4-12-8-14-15(9-13(12)11-18)21-7-6-20-14/h8-9H,4-7,10-11H2,1-3H3. The molecule has 4 nitrogen and oxygen atoms in total. The zero-order valence-corrected chi connectivity index (χ0v) is 13.1. The van der Waals surface area contributed by atoms with Crippen LogP contribution in [0.25, 0.3) is 0 Å². The van der Waals surface area contributed by atoms with E-state index < -0.39 is 0 Å². The van der Waals surface area contributed by atoms with Gasteiger partial charge in [-0.2, -0.15) is 0 Å². The molecule has 1 aromatic rings. The minimum Gasteiger partial charge on any atom is -0.486 e. The lowest BCUT2D eigenvalue weighted by atomic mass is 9.90. The van der Waals surface area contributed by atoms with E-state index in [0.29, 0.717) is 26.2 Å².